The first kappa shape index (κ1) is 22.6. The number of hydrogen-bond donors (Lipinski definition) is 2. The Morgan fingerprint density at radius 2 is 1.81 bits per heavy atom. The van der Waals surface area contributed by atoms with Crippen LogP contribution < -0.4 is 15.4 Å². The topological polar surface area (TPSA) is 84.8 Å². The summed E-state index contributed by atoms with van der Waals surface area (Å²) in [6, 6.07) is 8.25. The molecule has 1 aliphatic rings. The lowest BCUT2D eigenvalue weighted by atomic mass is 10.1. The minimum absolute atomic E-state index is 0.139. The van der Waals surface area contributed by atoms with Crippen LogP contribution in [0.15, 0.2) is 42.6 Å². The van der Waals surface area contributed by atoms with Gasteiger partial charge in [0.15, 0.2) is 0 Å². The first-order chi connectivity index (χ1) is 14.7. The number of anilines is 1. The van der Waals surface area contributed by atoms with Gasteiger partial charge in [-0.05, 0) is 36.4 Å². The van der Waals surface area contributed by atoms with E-state index in [1.807, 2.05) is 29.9 Å². The normalized spacial score (nSPS) is 15.9. The molecule has 168 valence electrons. The number of alkyl halides is 3. The summed E-state index contributed by atoms with van der Waals surface area (Å²) >= 11 is 0. The molecule has 0 bridgehead atoms. The molecule has 2 heterocycles. The van der Waals surface area contributed by atoms with Crippen LogP contribution in [0.2, 0.25) is 0 Å². The number of halogens is 3. The van der Waals surface area contributed by atoms with E-state index in [4.69, 9.17) is 4.74 Å². The number of nitrogens with one attached hydrogen (secondary N) is 2. The van der Waals surface area contributed by atoms with Gasteiger partial charge in [0, 0.05) is 44.3 Å². The number of ether oxygens (including phenoxy) is 2. The van der Waals surface area contributed by atoms with Gasteiger partial charge in [0.2, 0.25) is 0 Å². The molecule has 1 aromatic carbocycles. The molecule has 0 saturated carbocycles. The summed E-state index contributed by atoms with van der Waals surface area (Å²) in [6.07, 6.45) is -2.90. The third-order valence-electron chi connectivity index (χ3n) is 4.82. The Morgan fingerprint density at radius 3 is 2.39 bits per heavy atom. The summed E-state index contributed by atoms with van der Waals surface area (Å²) in [5.74, 6) is -2.19. The molecule has 2 N–H and O–H groups in total. The zero-order valence-corrected chi connectivity index (χ0v) is 16.8. The predicted octanol–water partition coefficient (Wildman–Crippen LogP) is 2.05. The van der Waals surface area contributed by atoms with E-state index in [0.717, 1.165) is 17.8 Å². The lowest BCUT2D eigenvalue weighted by Gasteiger charge is -2.34. The number of hydrogen-bond acceptors (Lipinski definition) is 5. The molecular formula is C20H23F3N4O4. The number of carbonyl (C=O) groups excluding carboxylic acids is 2. The second-order valence-electron chi connectivity index (χ2n) is 6.94. The highest BCUT2D eigenvalue weighted by Crippen LogP contribution is 2.24. The van der Waals surface area contributed by atoms with Crippen molar-refractivity contribution in [3.8, 4) is 5.75 Å². The summed E-state index contributed by atoms with van der Waals surface area (Å²) in [7, 11) is 1.91. The van der Waals surface area contributed by atoms with Crippen LogP contribution in [0.25, 0.3) is 0 Å². The number of morpholine rings is 1. The number of benzene rings is 1. The number of carbonyl (C=O) groups is 2. The SMILES string of the molecule is Cn1cccc1C(CNC(=O)C(=O)Nc1ccc(OC(F)(F)F)cc1)N1CCOCC1. The third-order valence-corrected chi connectivity index (χ3v) is 4.82. The van der Waals surface area contributed by atoms with Gasteiger partial charge >= 0.3 is 18.2 Å². The molecule has 3 rings (SSSR count). The van der Waals surface area contributed by atoms with E-state index in [0.29, 0.717) is 26.3 Å². The molecule has 1 aliphatic heterocycles. The van der Waals surface area contributed by atoms with Crippen molar-refractivity contribution in [2.45, 2.75) is 12.4 Å². The minimum Gasteiger partial charge on any atom is -0.406 e. The fourth-order valence-corrected chi connectivity index (χ4v) is 3.33. The number of amides is 2. The van der Waals surface area contributed by atoms with Gasteiger partial charge in [-0.2, -0.15) is 0 Å². The Hall–Kier alpha value is -3.05. The molecule has 31 heavy (non-hydrogen) atoms. The molecule has 1 fully saturated rings. The van der Waals surface area contributed by atoms with Crippen LogP contribution in [0.3, 0.4) is 0 Å². The van der Waals surface area contributed by atoms with Gasteiger partial charge in [-0.3, -0.25) is 14.5 Å². The Morgan fingerprint density at radius 1 is 1.13 bits per heavy atom. The molecule has 2 amide bonds. The van der Waals surface area contributed by atoms with Crippen molar-refractivity contribution < 1.29 is 32.2 Å². The van der Waals surface area contributed by atoms with Gasteiger partial charge in [-0.15, -0.1) is 13.2 Å². The quantitative estimate of drug-likeness (QED) is 0.672. The standard InChI is InChI=1S/C20H23F3N4O4/c1-26-8-2-3-16(26)17(27-9-11-30-12-10-27)13-24-18(28)19(29)25-14-4-6-15(7-5-14)31-20(21,22)23/h2-8,17H,9-13H2,1H3,(H,24,28)(H,25,29). The maximum absolute atomic E-state index is 12.3. The summed E-state index contributed by atoms with van der Waals surface area (Å²) in [6.45, 7) is 2.78. The van der Waals surface area contributed by atoms with Crippen molar-refractivity contribution in [2.75, 3.05) is 38.2 Å². The van der Waals surface area contributed by atoms with Crippen LogP contribution in [-0.4, -0.2) is 60.5 Å². The van der Waals surface area contributed by atoms with Crippen LogP contribution in [-0.2, 0) is 21.4 Å². The second kappa shape index (κ2) is 9.84. The van der Waals surface area contributed by atoms with Crippen molar-refractivity contribution in [2.24, 2.45) is 7.05 Å². The highest BCUT2D eigenvalue weighted by Gasteiger charge is 2.31. The maximum Gasteiger partial charge on any atom is 0.573 e. The maximum atomic E-state index is 12.3. The zero-order chi connectivity index (χ0) is 22.4. The highest BCUT2D eigenvalue weighted by molar-refractivity contribution is 6.39. The largest absolute Gasteiger partial charge is 0.573 e. The summed E-state index contributed by atoms with van der Waals surface area (Å²) in [5, 5.41) is 4.99. The van der Waals surface area contributed by atoms with E-state index in [9.17, 15) is 22.8 Å². The average molecular weight is 440 g/mol. The molecule has 8 nitrogen and oxygen atoms in total. The Bertz CT molecular complexity index is 893. The first-order valence-electron chi connectivity index (χ1n) is 9.61. The molecule has 1 unspecified atom stereocenters. The second-order valence-corrected chi connectivity index (χ2v) is 6.94. The van der Waals surface area contributed by atoms with E-state index in [2.05, 4.69) is 20.3 Å². The van der Waals surface area contributed by atoms with Crippen LogP contribution in [0.1, 0.15) is 11.7 Å². The van der Waals surface area contributed by atoms with E-state index in [1.54, 1.807) is 0 Å². The molecule has 11 heteroatoms. The number of aryl methyl sites for hydroxylation is 1. The van der Waals surface area contributed by atoms with Gasteiger partial charge in [0.25, 0.3) is 0 Å². The van der Waals surface area contributed by atoms with Gasteiger partial charge in [-0.1, -0.05) is 0 Å². The van der Waals surface area contributed by atoms with Gasteiger partial charge in [0.05, 0.1) is 19.3 Å². The third kappa shape index (κ3) is 6.46. The molecule has 0 radical (unpaired) electrons. The fourth-order valence-electron chi connectivity index (χ4n) is 3.33. The Kier molecular flexibility index (Phi) is 7.18. The average Bonchev–Trinajstić information content (AvgIpc) is 3.15. The molecule has 1 saturated heterocycles. The Labute approximate surface area is 176 Å². The van der Waals surface area contributed by atoms with Crippen LogP contribution in [0.4, 0.5) is 18.9 Å². The lowest BCUT2D eigenvalue weighted by molar-refractivity contribution is -0.274. The lowest BCUT2D eigenvalue weighted by Crippen LogP contribution is -2.46. The monoisotopic (exact) mass is 440 g/mol. The van der Waals surface area contributed by atoms with Crippen molar-refractivity contribution in [3.05, 3.63) is 48.3 Å². The smallest absolute Gasteiger partial charge is 0.406 e. The molecule has 1 aromatic heterocycles. The first-order valence-corrected chi connectivity index (χ1v) is 9.61. The molecule has 1 atom stereocenters. The summed E-state index contributed by atoms with van der Waals surface area (Å²) < 4.78 is 47.8. The minimum atomic E-state index is -4.81. The zero-order valence-electron chi connectivity index (χ0n) is 16.8. The highest BCUT2D eigenvalue weighted by atomic mass is 19.4. The molecule has 2 aromatic rings. The Balaban J connectivity index is 1.57. The van der Waals surface area contributed by atoms with Crippen LogP contribution in [0.5, 0.6) is 5.75 Å². The number of rotatable bonds is 6. The van der Waals surface area contributed by atoms with E-state index in [1.165, 1.54) is 12.1 Å². The van der Waals surface area contributed by atoms with Crippen molar-refractivity contribution >= 4 is 17.5 Å². The van der Waals surface area contributed by atoms with E-state index < -0.39 is 23.9 Å². The van der Waals surface area contributed by atoms with Crippen molar-refractivity contribution in [1.82, 2.24) is 14.8 Å². The molecular weight excluding hydrogens is 417 g/mol. The molecule has 0 aliphatic carbocycles. The van der Waals surface area contributed by atoms with Crippen molar-refractivity contribution in [3.63, 3.8) is 0 Å². The van der Waals surface area contributed by atoms with Crippen LogP contribution in [0, 0.1) is 0 Å². The van der Waals surface area contributed by atoms with Gasteiger partial charge < -0.3 is 24.7 Å². The molecule has 0 spiro atoms. The van der Waals surface area contributed by atoms with Crippen LogP contribution >= 0.6 is 0 Å². The van der Waals surface area contributed by atoms with Gasteiger partial charge in [-0.25, -0.2) is 0 Å². The summed E-state index contributed by atoms with van der Waals surface area (Å²) in [4.78, 5) is 26.7. The predicted molar refractivity (Wildman–Crippen MR) is 105 cm³/mol. The summed E-state index contributed by atoms with van der Waals surface area (Å²) in [5.41, 5.74) is 1.16. The number of aromatic nitrogens is 1. The van der Waals surface area contributed by atoms with E-state index in [-0.39, 0.29) is 18.3 Å². The van der Waals surface area contributed by atoms with Crippen molar-refractivity contribution in [1.29, 1.82) is 0 Å². The van der Waals surface area contributed by atoms with Gasteiger partial charge in [0.1, 0.15) is 5.75 Å². The van der Waals surface area contributed by atoms with E-state index >= 15 is 0 Å². The fraction of sp³-hybridized carbons (Fsp3) is 0.400. The number of nitrogens with zero attached hydrogens (tertiary/aromatic N) is 2.